The van der Waals surface area contributed by atoms with E-state index in [2.05, 4.69) is 0 Å². The molecule has 0 aromatic rings. The first-order valence-corrected chi connectivity index (χ1v) is 6.37. The lowest BCUT2D eigenvalue weighted by Gasteiger charge is -2.26. The number of likely N-dealkylation sites (tertiary alicyclic amines) is 1. The van der Waals surface area contributed by atoms with Crippen molar-refractivity contribution in [2.24, 2.45) is 0 Å². The molecule has 2 amide bonds. The van der Waals surface area contributed by atoms with E-state index in [9.17, 15) is 14.4 Å². The number of hydrogen-bond acceptors (Lipinski definition) is 5. The van der Waals surface area contributed by atoms with Crippen molar-refractivity contribution < 1.29 is 23.9 Å². The van der Waals surface area contributed by atoms with E-state index in [1.54, 1.807) is 34.6 Å². The number of hydrogen-bond donors (Lipinski definition) is 0. The van der Waals surface area contributed by atoms with Crippen LogP contribution in [-0.2, 0) is 19.1 Å². The summed E-state index contributed by atoms with van der Waals surface area (Å²) in [4.78, 5) is 36.4. The summed E-state index contributed by atoms with van der Waals surface area (Å²) in [5.74, 6) is -0.966. The van der Waals surface area contributed by atoms with Crippen molar-refractivity contribution in [2.45, 2.75) is 65.2 Å². The van der Waals surface area contributed by atoms with Gasteiger partial charge in [0.15, 0.2) is 0 Å². The summed E-state index contributed by atoms with van der Waals surface area (Å²) in [6, 6.07) is -0.871. The molecule has 0 aromatic heterocycles. The van der Waals surface area contributed by atoms with Gasteiger partial charge in [0.1, 0.15) is 11.6 Å². The monoisotopic (exact) mass is 271 g/mol. The number of carbonyl (C=O) groups excluding carboxylic acids is 3. The van der Waals surface area contributed by atoms with E-state index < -0.39 is 29.6 Å². The van der Waals surface area contributed by atoms with E-state index in [0.717, 1.165) is 4.90 Å². The number of ether oxygens (including phenoxy) is 2. The Hall–Kier alpha value is -1.59. The molecule has 0 radical (unpaired) electrons. The number of imide groups is 1. The van der Waals surface area contributed by atoms with Crippen LogP contribution in [0.1, 0.15) is 47.5 Å². The standard InChI is InChI=1S/C13H21NO5/c1-8(2)18-11(16)9-6-7-10(15)14(9)12(17)19-13(3,4)5/h8-9H,6-7H2,1-5H3/t9-/m0/s1. The SMILES string of the molecule is CC(C)OC(=O)[C@@H]1CCC(=O)N1C(=O)OC(C)(C)C. The van der Waals surface area contributed by atoms with Gasteiger partial charge in [-0.25, -0.2) is 14.5 Å². The molecule has 1 heterocycles. The molecule has 1 aliphatic rings. The highest BCUT2D eigenvalue weighted by molar-refractivity contribution is 5.99. The molecule has 1 fully saturated rings. The van der Waals surface area contributed by atoms with Gasteiger partial charge in [-0.05, 0) is 41.0 Å². The average Bonchev–Trinajstić information content (AvgIpc) is 2.56. The van der Waals surface area contributed by atoms with E-state index >= 15 is 0 Å². The summed E-state index contributed by atoms with van der Waals surface area (Å²) >= 11 is 0. The second-order valence-electron chi connectivity index (χ2n) is 5.78. The fourth-order valence-corrected chi connectivity index (χ4v) is 1.76. The number of rotatable bonds is 2. The quantitative estimate of drug-likeness (QED) is 0.717. The van der Waals surface area contributed by atoms with E-state index in [4.69, 9.17) is 9.47 Å². The predicted molar refractivity (Wildman–Crippen MR) is 67.3 cm³/mol. The molecule has 19 heavy (non-hydrogen) atoms. The van der Waals surface area contributed by atoms with E-state index in [1.807, 2.05) is 0 Å². The summed E-state index contributed by atoms with van der Waals surface area (Å²) in [6.07, 6.45) is -0.648. The number of carbonyl (C=O) groups is 3. The van der Waals surface area contributed by atoms with Crippen molar-refractivity contribution in [1.29, 1.82) is 0 Å². The lowest BCUT2D eigenvalue weighted by Crippen LogP contribution is -2.46. The van der Waals surface area contributed by atoms with Crippen LogP contribution in [-0.4, -0.2) is 40.6 Å². The van der Waals surface area contributed by atoms with Crippen LogP contribution in [0.3, 0.4) is 0 Å². The minimum Gasteiger partial charge on any atom is -0.461 e. The summed E-state index contributed by atoms with van der Waals surface area (Å²) in [5, 5.41) is 0. The Labute approximate surface area is 113 Å². The molecule has 0 N–H and O–H groups in total. The van der Waals surface area contributed by atoms with Crippen LogP contribution < -0.4 is 0 Å². The summed E-state index contributed by atoms with van der Waals surface area (Å²) in [5.41, 5.74) is -0.716. The van der Waals surface area contributed by atoms with Crippen LogP contribution >= 0.6 is 0 Å². The number of esters is 1. The third-order valence-corrected chi connectivity index (χ3v) is 2.43. The largest absolute Gasteiger partial charge is 0.461 e. The smallest absolute Gasteiger partial charge is 0.417 e. The van der Waals surface area contributed by atoms with Gasteiger partial charge in [0.2, 0.25) is 5.91 Å². The lowest BCUT2D eigenvalue weighted by molar-refractivity contribution is -0.154. The van der Waals surface area contributed by atoms with Crippen molar-refractivity contribution in [1.82, 2.24) is 4.90 Å². The molecule has 0 saturated carbocycles. The Balaban J connectivity index is 2.80. The zero-order valence-electron chi connectivity index (χ0n) is 12.1. The fraction of sp³-hybridized carbons (Fsp3) is 0.769. The minimum absolute atomic E-state index is 0.150. The summed E-state index contributed by atoms with van der Waals surface area (Å²) < 4.78 is 10.2. The molecule has 6 heteroatoms. The molecule has 1 rings (SSSR count). The van der Waals surface area contributed by atoms with E-state index in [-0.39, 0.29) is 18.9 Å². The van der Waals surface area contributed by atoms with Crippen LogP contribution in [0.15, 0.2) is 0 Å². The zero-order valence-corrected chi connectivity index (χ0v) is 12.1. The highest BCUT2D eigenvalue weighted by Gasteiger charge is 2.43. The van der Waals surface area contributed by atoms with Gasteiger partial charge in [-0.15, -0.1) is 0 Å². The maximum absolute atomic E-state index is 11.9. The van der Waals surface area contributed by atoms with Crippen molar-refractivity contribution in [3.05, 3.63) is 0 Å². The summed E-state index contributed by atoms with van der Waals surface area (Å²) in [6.45, 7) is 8.53. The van der Waals surface area contributed by atoms with Crippen molar-refractivity contribution >= 4 is 18.0 Å². The lowest BCUT2D eigenvalue weighted by atomic mass is 10.2. The van der Waals surface area contributed by atoms with Crippen LogP contribution in [0.4, 0.5) is 4.79 Å². The molecule has 0 aliphatic carbocycles. The molecule has 0 bridgehead atoms. The number of amides is 2. The molecule has 6 nitrogen and oxygen atoms in total. The first kappa shape index (κ1) is 15.5. The van der Waals surface area contributed by atoms with Gasteiger partial charge in [-0.3, -0.25) is 4.79 Å². The first-order valence-electron chi connectivity index (χ1n) is 6.37. The molecule has 1 saturated heterocycles. The van der Waals surface area contributed by atoms with Crippen molar-refractivity contribution in [2.75, 3.05) is 0 Å². The highest BCUT2D eigenvalue weighted by Crippen LogP contribution is 2.23. The average molecular weight is 271 g/mol. The third-order valence-electron chi connectivity index (χ3n) is 2.43. The van der Waals surface area contributed by atoms with Gasteiger partial charge in [-0.2, -0.15) is 0 Å². The molecular weight excluding hydrogens is 250 g/mol. The molecule has 0 aromatic carbocycles. The maximum atomic E-state index is 11.9. The zero-order chi connectivity index (χ0) is 14.8. The van der Waals surface area contributed by atoms with Crippen LogP contribution in [0, 0.1) is 0 Å². The highest BCUT2D eigenvalue weighted by atomic mass is 16.6. The van der Waals surface area contributed by atoms with Gasteiger partial charge in [0.05, 0.1) is 6.10 Å². The van der Waals surface area contributed by atoms with Gasteiger partial charge in [0.25, 0.3) is 0 Å². The third kappa shape index (κ3) is 4.22. The van der Waals surface area contributed by atoms with E-state index in [0.29, 0.717) is 0 Å². The van der Waals surface area contributed by atoms with Gasteiger partial charge >= 0.3 is 12.1 Å². The Bertz CT molecular complexity index is 383. The van der Waals surface area contributed by atoms with Crippen LogP contribution in [0.2, 0.25) is 0 Å². The van der Waals surface area contributed by atoms with Crippen molar-refractivity contribution in [3.63, 3.8) is 0 Å². The molecule has 1 aliphatic heterocycles. The second kappa shape index (κ2) is 5.59. The molecule has 108 valence electrons. The first-order chi connectivity index (χ1) is 8.61. The predicted octanol–water partition coefficient (Wildman–Crippen LogP) is 1.86. The molecule has 0 spiro atoms. The molecular formula is C13H21NO5. The van der Waals surface area contributed by atoms with Gasteiger partial charge in [-0.1, -0.05) is 0 Å². The van der Waals surface area contributed by atoms with Crippen molar-refractivity contribution in [3.8, 4) is 0 Å². The van der Waals surface area contributed by atoms with Gasteiger partial charge in [0, 0.05) is 6.42 Å². The Kier molecular flexibility index (Phi) is 4.55. The normalized spacial score (nSPS) is 19.8. The number of nitrogens with zero attached hydrogens (tertiary/aromatic N) is 1. The Morgan fingerprint density at radius 1 is 1.32 bits per heavy atom. The topological polar surface area (TPSA) is 72.9 Å². The van der Waals surface area contributed by atoms with E-state index in [1.165, 1.54) is 0 Å². The fourth-order valence-electron chi connectivity index (χ4n) is 1.76. The van der Waals surface area contributed by atoms with Gasteiger partial charge < -0.3 is 9.47 Å². The molecule has 0 unspecified atom stereocenters. The Morgan fingerprint density at radius 3 is 2.37 bits per heavy atom. The molecule has 1 atom stereocenters. The van der Waals surface area contributed by atoms with Crippen LogP contribution in [0.25, 0.3) is 0 Å². The maximum Gasteiger partial charge on any atom is 0.417 e. The second-order valence-corrected chi connectivity index (χ2v) is 5.78. The Morgan fingerprint density at radius 2 is 1.89 bits per heavy atom. The van der Waals surface area contributed by atoms with Crippen LogP contribution in [0.5, 0.6) is 0 Å². The summed E-state index contributed by atoms with van der Waals surface area (Å²) in [7, 11) is 0. The minimum atomic E-state index is -0.871.